The number of hydroxylamine groups is 1. The Balaban J connectivity index is 1.63. The van der Waals surface area contributed by atoms with Crippen LogP contribution in [0.3, 0.4) is 0 Å². The summed E-state index contributed by atoms with van der Waals surface area (Å²) in [4.78, 5) is 27.6. The van der Waals surface area contributed by atoms with Crippen LogP contribution < -0.4 is 16.1 Å². The van der Waals surface area contributed by atoms with E-state index in [9.17, 15) is 9.59 Å². The highest BCUT2D eigenvalue weighted by atomic mass is 16.5. The van der Waals surface area contributed by atoms with Crippen molar-refractivity contribution in [1.82, 2.24) is 21.1 Å². The van der Waals surface area contributed by atoms with Crippen LogP contribution in [0.5, 0.6) is 0 Å². The average Bonchev–Trinajstić information content (AvgIpc) is 3.14. The van der Waals surface area contributed by atoms with Gasteiger partial charge in [-0.2, -0.15) is 0 Å². The summed E-state index contributed by atoms with van der Waals surface area (Å²) in [5.74, 6) is -0.358. The van der Waals surface area contributed by atoms with Gasteiger partial charge in [-0.3, -0.25) is 14.8 Å². The normalized spacial score (nSPS) is 18.7. The largest absolute Gasteiger partial charge is 0.381 e. The number of carbonyl (C=O) groups is 2. The third-order valence-corrected chi connectivity index (χ3v) is 5.78. The Bertz CT molecular complexity index is 851. The molecule has 0 fully saturated rings. The molecular weight excluding hydrogens is 396 g/mol. The fourth-order valence-corrected chi connectivity index (χ4v) is 4.04. The van der Waals surface area contributed by atoms with E-state index >= 15 is 0 Å². The van der Waals surface area contributed by atoms with Gasteiger partial charge in [0.2, 0.25) is 11.8 Å². The lowest BCUT2D eigenvalue weighted by Crippen LogP contribution is -2.44. The van der Waals surface area contributed by atoms with Gasteiger partial charge in [0.05, 0.1) is 12.6 Å². The molecule has 0 saturated carbocycles. The number of hydrogen-bond donors (Lipinski definition) is 5. The monoisotopic (exact) mass is 430 g/mol. The molecule has 0 saturated heterocycles. The van der Waals surface area contributed by atoms with Crippen LogP contribution in [0.1, 0.15) is 56.2 Å². The van der Waals surface area contributed by atoms with Crippen LogP contribution in [0.25, 0.3) is 10.9 Å². The Morgan fingerprint density at radius 1 is 1.16 bits per heavy atom. The minimum Gasteiger partial charge on any atom is -0.381 e. The molecule has 2 heterocycles. The molecule has 0 bridgehead atoms. The molecule has 1 aromatic heterocycles. The summed E-state index contributed by atoms with van der Waals surface area (Å²) in [5.41, 5.74) is 4.97. The van der Waals surface area contributed by atoms with Crippen molar-refractivity contribution in [2.45, 2.75) is 64.0 Å². The first-order valence-corrected chi connectivity index (χ1v) is 11.3. The first-order chi connectivity index (χ1) is 15.2. The van der Waals surface area contributed by atoms with Gasteiger partial charge in [-0.1, -0.05) is 31.0 Å². The Labute approximate surface area is 183 Å². The molecule has 3 rings (SSSR count). The van der Waals surface area contributed by atoms with Crippen molar-refractivity contribution in [2.75, 3.05) is 19.8 Å². The fraction of sp³-hybridized carbons (Fsp3) is 0.565. The van der Waals surface area contributed by atoms with Crippen LogP contribution in [0.4, 0.5) is 0 Å². The van der Waals surface area contributed by atoms with Gasteiger partial charge in [0.25, 0.3) is 0 Å². The van der Waals surface area contributed by atoms with Crippen LogP contribution in [-0.4, -0.2) is 47.8 Å². The molecule has 0 spiro atoms. The second-order valence-corrected chi connectivity index (χ2v) is 8.06. The Hall–Kier alpha value is -2.42. The first-order valence-electron chi connectivity index (χ1n) is 11.3. The zero-order chi connectivity index (χ0) is 21.9. The fourth-order valence-electron chi connectivity index (χ4n) is 4.04. The van der Waals surface area contributed by atoms with Crippen molar-refractivity contribution in [3.63, 3.8) is 0 Å². The summed E-state index contributed by atoms with van der Waals surface area (Å²) in [5, 5.41) is 16.2. The van der Waals surface area contributed by atoms with Gasteiger partial charge in [0.1, 0.15) is 0 Å². The molecule has 0 radical (unpaired) electrons. The van der Waals surface area contributed by atoms with E-state index in [0.29, 0.717) is 32.4 Å². The molecular formula is C23H34N4O4. The van der Waals surface area contributed by atoms with Crippen molar-refractivity contribution < 1.29 is 19.5 Å². The number of H-pyrrole nitrogens is 1. The highest BCUT2D eigenvalue weighted by molar-refractivity contribution is 5.86. The number of para-hydroxylation sites is 1. The molecule has 170 valence electrons. The number of ether oxygens (including phenoxy) is 1. The summed E-state index contributed by atoms with van der Waals surface area (Å²) in [6, 6.07) is 7.90. The second kappa shape index (κ2) is 12.4. The molecule has 8 nitrogen and oxygen atoms in total. The van der Waals surface area contributed by atoms with Crippen molar-refractivity contribution in [1.29, 1.82) is 0 Å². The minimum absolute atomic E-state index is 0.0117. The van der Waals surface area contributed by atoms with Gasteiger partial charge >= 0.3 is 0 Å². The van der Waals surface area contributed by atoms with E-state index in [-0.39, 0.29) is 17.9 Å². The number of benzene rings is 1. The van der Waals surface area contributed by atoms with E-state index in [1.54, 1.807) is 5.48 Å². The Morgan fingerprint density at radius 3 is 2.90 bits per heavy atom. The second-order valence-electron chi connectivity index (χ2n) is 8.06. The quantitative estimate of drug-likeness (QED) is 0.274. The van der Waals surface area contributed by atoms with Gasteiger partial charge in [-0.15, -0.1) is 0 Å². The average molecular weight is 431 g/mol. The molecule has 1 aromatic carbocycles. The lowest BCUT2D eigenvalue weighted by Gasteiger charge is -2.19. The zero-order valence-corrected chi connectivity index (χ0v) is 18.0. The van der Waals surface area contributed by atoms with Gasteiger partial charge in [0.15, 0.2) is 0 Å². The van der Waals surface area contributed by atoms with Gasteiger partial charge in [-0.05, 0) is 43.9 Å². The van der Waals surface area contributed by atoms with Crippen LogP contribution >= 0.6 is 0 Å². The molecule has 0 aliphatic carbocycles. The highest BCUT2D eigenvalue weighted by Gasteiger charge is 2.19. The van der Waals surface area contributed by atoms with Crippen LogP contribution in [0.15, 0.2) is 24.3 Å². The van der Waals surface area contributed by atoms with E-state index in [1.807, 2.05) is 12.1 Å². The van der Waals surface area contributed by atoms with Crippen LogP contribution in [0.2, 0.25) is 0 Å². The third kappa shape index (κ3) is 7.05. The molecule has 31 heavy (non-hydrogen) atoms. The smallest absolute Gasteiger partial charge is 0.243 e. The van der Waals surface area contributed by atoms with Crippen LogP contribution in [0, 0.1) is 0 Å². The van der Waals surface area contributed by atoms with Crippen molar-refractivity contribution >= 4 is 22.7 Å². The van der Waals surface area contributed by atoms with Crippen molar-refractivity contribution in [2.24, 2.45) is 0 Å². The maximum Gasteiger partial charge on any atom is 0.243 e. The van der Waals surface area contributed by atoms with Gasteiger partial charge in [0, 0.05) is 42.6 Å². The van der Waals surface area contributed by atoms with E-state index in [0.717, 1.165) is 67.4 Å². The Morgan fingerprint density at radius 2 is 2.03 bits per heavy atom. The number of unbranched alkanes of at least 4 members (excludes halogenated alkanes) is 2. The molecule has 1 unspecified atom stereocenters. The molecule has 1 aliphatic rings. The number of carbonyl (C=O) groups excluding carboxylic acids is 2. The number of aromatic nitrogens is 1. The number of hydrogen-bond acceptors (Lipinski definition) is 5. The topological polar surface area (TPSA) is 115 Å². The van der Waals surface area contributed by atoms with E-state index < -0.39 is 0 Å². The maximum absolute atomic E-state index is 13.0. The number of nitrogens with one attached hydrogen (secondary N) is 4. The highest BCUT2D eigenvalue weighted by Crippen LogP contribution is 2.23. The van der Waals surface area contributed by atoms with E-state index in [2.05, 4.69) is 27.8 Å². The molecule has 8 heteroatoms. The van der Waals surface area contributed by atoms with Gasteiger partial charge < -0.3 is 20.4 Å². The molecule has 2 amide bonds. The predicted molar refractivity (Wildman–Crippen MR) is 119 cm³/mol. The lowest BCUT2D eigenvalue weighted by molar-refractivity contribution is -0.129. The molecule has 2 aromatic rings. The SMILES string of the molecule is O=C(CCCCCC1NCCCCOCCc2[nH]c3ccccc3c2CNC1=O)NO. The van der Waals surface area contributed by atoms with Crippen molar-refractivity contribution in [3.8, 4) is 0 Å². The summed E-state index contributed by atoms with van der Waals surface area (Å²) >= 11 is 0. The van der Waals surface area contributed by atoms with Crippen LogP contribution in [-0.2, 0) is 27.3 Å². The summed E-state index contributed by atoms with van der Waals surface area (Å²) in [6.45, 7) is 2.64. The maximum atomic E-state index is 13.0. The number of fused-ring (bicyclic) bond motifs is 3. The number of rotatable bonds is 6. The summed E-state index contributed by atoms with van der Waals surface area (Å²) < 4.78 is 5.81. The molecule has 1 aliphatic heterocycles. The van der Waals surface area contributed by atoms with E-state index in [1.165, 1.54) is 0 Å². The third-order valence-electron chi connectivity index (χ3n) is 5.78. The first kappa shape index (κ1) is 23.2. The predicted octanol–water partition coefficient (Wildman–Crippen LogP) is 2.55. The van der Waals surface area contributed by atoms with Gasteiger partial charge in [-0.25, -0.2) is 5.48 Å². The molecule has 5 N–H and O–H groups in total. The Kier molecular flexibility index (Phi) is 9.33. The van der Waals surface area contributed by atoms with Crippen molar-refractivity contribution in [3.05, 3.63) is 35.5 Å². The zero-order valence-electron chi connectivity index (χ0n) is 18.0. The minimum atomic E-state index is -0.370. The summed E-state index contributed by atoms with van der Waals surface area (Å²) in [7, 11) is 0. The molecule has 1 atom stereocenters. The summed E-state index contributed by atoms with van der Waals surface area (Å²) in [6.07, 6.45) is 6.08. The standard InChI is InChI=1S/C23H34N4O4/c28-22(27-30)11-3-1-2-10-21-23(29)25-16-18-17-8-4-5-9-19(17)26-20(18)12-15-31-14-7-6-13-24-21/h4-5,8-9,21,24,26,30H,1-3,6-7,10-16H2,(H,25,29)(H,27,28). The number of amides is 2. The van der Waals surface area contributed by atoms with E-state index in [4.69, 9.17) is 9.94 Å². The number of aromatic amines is 1. The lowest BCUT2D eigenvalue weighted by atomic mass is 10.0.